The van der Waals surface area contributed by atoms with Crippen molar-refractivity contribution in [2.75, 3.05) is 7.05 Å². The molecule has 18 heavy (non-hydrogen) atoms. The molecule has 0 saturated carbocycles. The molecule has 2 heterocycles. The van der Waals surface area contributed by atoms with Crippen LogP contribution in [0.25, 0.3) is 0 Å². The van der Waals surface area contributed by atoms with Gasteiger partial charge in [0.25, 0.3) is 0 Å². The van der Waals surface area contributed by atoms with E-state index in [0.717, 1.165) is 15.9 Å². The van der Waals surface area contributed by atoms with Crippen molar-refractivity contribution in [3.63, 3.8) is 0 Å². The number of nitrogens with zero attached hydrogens (tertiary/aromatic N) is 4. The summed E-state index contributed by atoms with van der Waals surface area (Å²) in [6.45, 7) is 4.24. The van der Waals surface area contributed by atoms with Gasteiger partial charge >= 0.3 is 0 Å². The minimum absolute atomic E-state index is 0.0328. The zero-order valence-electron chi connectivity index (χ0n) is 11.1. The van der Waals surface area contributed by atoms with Gasteiger partial charge in [-0.15, -0.1) is 0 Å². The molecule has 1 atom stereocenters. The average molecular weight is 312 g/mol. The number of halogens is 1. The van der Waals surface area contributed by atoms with Gasteiger partial charge in [0.05, 0.1) is 28.1 Å². The van der Waals surface area contributed by atoms with Crippen LogP contribution in [-0.2, 0) is 7.05 Å². The molecule has 1 unspecified atom stereocenters. The third-order valence-corrected chi connectivity index (χ3v) is 3.48. The van der Waals surface area contributed by atoms with Gasteiger partial charge in [-0.1, -0.05) is 0 Å². The van der Waals surface area contributed by atoms with E-state index in [4.69, 9.17) is 0 Å². The van der Waals surface area contributed by atoms with Gasteiger partial charge in [-0.25, -0.2) is 0 Å². The molecule has 98 valence electrons. The molecule has 0 amide bonds. The SMILES string of the molecule is CNC(c1ccn(C)n1)c1c(Br)cnn1C(C)C. The van der Waals surface area contributed by atoms with Crippen molar-refractivity contribution in [3.05, 3.63) is 34.3 Å². The van der Waals surface area contributed by atoms with Crippen LogP contribution in [0.2, 0.25) is 0 Å². The van der Waals surface area contributed by atoms with Gasteiger partial charge in [0, 0.05) is 19.3 Å². The van der Waals surface area contributed by atoms with Crippen LogP contribution in [-0.4, -0.2) is 26.6 Å². The minimum atomic E-state index is 0.0328. The van der Waals surface area contributed by atoms with Gasteiger partial charge in [-0.05, 0) is 42.9 Å². The van der Waals surface area contributed by atoms with Crippen molar-refractivity contribution in [3.8, 4) is 0 Å². The van der Waals surface area contributed by atoms with Crippen LogP contribution in [0.1, 0.15) is 37.3 Å². The summed E-state index contributed by atoms with van der Waals surface area (Å²) >= 11 is 3.57. The van der Waals surface area contributed by atoms with Crippen molar-refractivity contribution in [2.45, 2.75) is 25.9 Å². The summed E-state index contributed by atoms with van der Waals surface area (Å²) in [5.74, 6) is 0. The molecule has 2 rings (SSSR count). The van der Waals surface area contributed by atoms with Crippen LogP contribution >= 0.6 is 15.9 Å². The Labute approximate surface area is 115 Å². The molecule has 0 aliphatic carbocycles. The second-order valence-corrected chi connectivity index (χ2v) is 5.41. The Hall–Kier alpha value is -1.14. The topological polar surface area (TPSA) is 47.7 Å². The van der Waals surface area contributed by atoms with Gasteiger partial charge in [-0.2, -0.15) is 10.2 Å². The van der Waals surface area contributed by atoms with Crippen molar-refractivity contribution in [1.29, 1.82) is 0 Å². The van der Waals surface area contributed by atoms with Crippen molar-refractivity contribution in [2.24, 2.45) is 7.05 Å². The molecular formula is C12H18BrN5. The van der Waals surface area contributed by atoms with Gasteiger partial charge in [-0.3, -0.25) is 9.36 Å². The van der Waals surface area contributed by atoms with Crippen LogP contribution in [0.5, 0.6) is 0 Å². The third-order valence-electron chi connectivity index (χ3n) is 2.87. The maximum absolute atomic E-state index is 4.47. The van der Waals surface area contributed by atoms with Gasteiger partial charge < -0.3 is 5.32 Å². The largest absolute Gasteiger partial charge is 0.307 e. The molecule has 6 heteroatoms. The molecule has 2 aromatic heterocycles. The molecule has 5 nitrogen and oxygen atoms in total. The van der Waals surface area contributed by atoms with Gasteiger partial charge in [0.2, 0.25) is 0 Å². The first kappa shape index (κ1) is 13.3. The van der Waals surface area contributed by atoms with Crippen LogP contribution < -0.4 is 5.32 Å². The summed E-state index contributed by atoms with van der Waals surface area (Å²) in [7, 11) is 3.86. The quantitative estimate of drug-likeness (QED) is 0.942. The first-order valence-electron chi connectivity index (χ1n) is 5.94. The predicted molar refractivity (Wildman–Crippen MR) is 74.4 cm³/mol. The lowest BCUT2D eigenvalue weighted by molar-refractivity contribution is 0.478. The molecule has 0 spiro atoms. The number of hydrogen-bond acceptors (Lipinski definition) is 3. The maximum atomic E-state index is 4.47. The second-order valence-electron chi connectivity index (χ2n) is 4.55. The summed E-state index contributed by atoms with van der Waals surface area (Å²) < 4.78 is 4.82. The number of aromatic nitrogens is 4. The van der Waals surface area contributed by atoms with E-state index in [1.165, 1.54) is 0 Å². The van der Waals surface area contributed by atoms with E-state index in [1.807, 2.05) is 41.9 Å². The molecule has 2 aromatic rings. The summed E-state index contributed by atoms with van der Waals surface area (Å²) in [6, 6.07) is 2.36. The number of nitrogens with one attached hydrogen (secondary N) is 1. The lowest BCUT2D eigenvalue weighted by atomic mass is 10.1. The van der Waals surface area contributed by atoms with E-state index in [0.29, 0.717) is 6.04 Å². The van der Waals surface area contributed by atoms with E-state index in [9.17, 15) is 0 Å². The van der Waals surface area contributed by atoms with Crippen molar-refractivity contribution in [1.82, 2.24) is 24.9 Å². The molecule has 0 aliphatic rings. The summed E-state index contributed by atoms with van der Waals surface area (Å²) in [4.78, 5) is 0. The Morgan fingerprint density at radius 1 is 1.39 bits per heavy atom. The van der Waals surface area contributed by atoms with Crippen LogP contribution in [0.3, 0.4) is 0 Å². The summed E-state index contributed by atoms with van der Waals surface area (Å²) in [5.41, 5.74) is 2.09. The first-order chi connectivity index (χ1) is 8.54. The van der Waals surface area contributed by atoms with Crippen molar-refractivity contribution >= 4 is 15.9 Å². The van der Waals surface area contributed by atoms with E-state index in [-0.39, 0.29) is 6.04 Å². The molecule has 0 bridgehead atoms. The van der Waals surface area contributed by atoms with Crippen molar-refractivity contribution < 1.29 is 0 Å². The fraction of sp³-hybridized carbons (Fsp3) is 0.500. The monoisotopic (exact) mass is 311 g/mol. The third kappa shape index (κ3) is 2.35. The zero-order valence-corrected chi connectivity index (χ0v) is 12.6. The Morgan fingerprint density at radius 2 is 2.11 bits per heavy atom. The van der Waals surface area contributed by atoms with E-state index in [2.05, 4.69) is 45.3 Å². The lowest BCUT2D eigenvalue weighted by Gasteiger charge is -2.19. The molecule has 0 radical (unpaired) electrons. The second kappa shape index (κ2) is 5.24. The highest BCUT2D eigenvalue weighted by atomic mass is 79.9. The Balaban J connectivity index is 2.47. The van der Waals surface area contributed by atoms with Crippen LogP contribution in [0, 0.1) is 0 Å². The molecule has 0 aromatic carbocycles. The first-order valence-corrected chi connectivity index (χ1v) is 6.73. The molecule has 0 fully saturated rings. The van der Waals surface area contributed by atoms with Gasteiger partial charge in [0.15, 0.2) is 0 Å². The fourth-order valence-corrected chi connectivity index (χ4v) is 2.55. The number of hydrogen-bond donors (Lipinski definition) is 1. The smallest absolute Gasteiger partial charge is 0.0949 e. The molecule has 0 saturated heterocycles. The fourth-order valence-electron chi connectivity index (χ4n) is 2.04. The highest BCUT2D eigenvalue weighted by Crippen LogP contribution is 2.29. The molecular weight excluding hydrogens is 294 g/mol. The lowest BCUT2D eigenvalue weighted by Crippen LogP contribution is -2.23. The summed E-state index contributed by atoms with van der Waals surface area (Å²) in [6.07, 6.45) is 3.78. The van der Waals surface area contributed by atoms with Gasteiger partial charge in [0.1, 0.15) is 0 Å². The Bertz CT molecular complexity index is 528. The predicted octanol–water partition coefficient (Wildman–Crippen LogP) is 2.27. The van der Waals surface area contributed by atoms with E-state index in [1.54, 1.807) is 0 Å². The van der Waals surface area contributed by atoms with Crippen LogP contribution in [0.4, 0.5) is 0 Å². The maximum Gasteiger partial charge on any atom is 0.0949 e. The Kier molecular flexibility index (Phi) is 3.87. The normalized spacial score (nSPS) is 13.2. The van der Waals surface area contributed by atoms with Crippen LogP contribution in [0.15, 0.2) is 22.9 Å². The Morgan fingerprint density at radius 3 is 2.61 bits per heavy atom. The zero-order chi connectivity index (χ0) is 13.3. The highest BCUT2D eigenvalue weighted by Gasteiger charge is 2.23. The van der Waals surface area contributed by atoms with E-state index >= 15 is 0 Å². The average Bonchev–Trinajstić information content (AvgIpc) is 2.88. The highest BCUT2D eigenvalue weighted by molar-refractivity contribution is 9.10. The van der Waals surface area contributed by atoms with E-state index < -0.39 is 0 Å². The standard InChI is InChI=1S/C12H18BrN5/c1-8(2)18-12(9(13)7-15-18)11(14-3)10-5-6-17(4)16-10/h5-8,11,14H,1-4H3. The number of rotatable bonds is 4. The summed E-state index contributed by atoms with van der Waals surface area (Å²) in [5, 5.41) is 12.2. The number of aryl methyl sites for hydroxylation is 1. The molecule has 0 aliphatic heterocycles. The molecule has 1 N–H and O–H groups in total. The minimum Gasteiger partial charge on any atom is -0.307 e.